The zero-order valence-corrected chi connectivity index (χ0v) is 11.3. The average Bonchev–Trinajstić information content (AvgIpc) is 2.39. The SMILES string of the molecule is O=[N+]([O-])c1ccc2c(c1)C(=S)NC1(CCCCC1)N2. The molecule has 1 aliphatic carbocycles. The summed E-state index contributed by atoms with van der Waals surface area (Å²) in [4.78, 5) is 11.0. The lowest BCUT2D eigenvalue weighted by molar-refractivity contribution is -0.384. The summed E-state index contributed by atoms with van der Waals surface area (Å²) < 4.78 is 0. The summed E-state index contributed by atoms with van der Waals surface area (Å²) in [7, 11) is 0. The van der Waals surface area contributed by atoms with E-state index in [4.69, 9.17) is 12.2 Å². The normalized spacial score (nSPS) is 20.3. The molecule has 1 saturated carbocycles. The van der Waals surface area contributed by atoms with Crippen molar-refractivity contribution in [1.82, 2.24) is 5.32 Å². The topological polar surface area (TPSA) is 67.2 Å². The van der Waals surface area contributed by atoms with Crippen LogP contribution in [0.2, 0.25) is 0 Å². The Morgan fingerprint density at radius 1 is 1.21 bits per heavy atom. The van der Waals surface area contributed by atoms with Crippen molar-refractivity contribution in [3.8, 4) is 0 Å². The van der Waals surface area contributed by atoms with Crippen LogP contribution < -0.4 is 10.6 Å². The quantitative estimate of drug-likeness (QED) is 0.469. The fraction of sp³-hybridized carbons (Fsp3) is 0.462. The number of anilines is 1. The van der Waals surface area contributed by atoms with Crippen molar-refractivity contribution in [2.45, 2.75) is 37.8 Å². The molecule has 1 aliphatic heterocycles. The van der Waals surface area contributed by atoms with Crippen LogP contribution in [0.4, 0.5) is 11.4 Å². The molecule has 0 aromatic heterocycles. The number of non-ortho nitro benzene ring substituents is 1. The Hall–Kier alpha value is -1.69. The highest BCUT2D eigenvalue weighted by Crippen LogP contribution is 2.35. The van der Waals surface area contributed by atoms with Crippen LogP contribution in [-0.2, 0) is 0 Å². The Bertz CT molecular complexity index is 553. The molecule has 6 heteroatoms. The number of nitrogens with one attached hydrogen (secondary N) is 2. The van der Waals surface area contributed by atoms with Crippen LogP contribution in [0, 0.1) is 10.1 Å². The van der Waals surface area contributed by atoms with Gasteiger partial charge in [-0.25, -0.2) is 0 Å². The van der Waals surface area contributed by atoms with Crippen molar-refractivity contribution < 1.29 is 4.92 Å². The first-order chi connectivity index (χ1) is 9.10. The lowest BCUT2D eigenvalue weighted by Gasteiger charge is -2.44. The highest BCUT2D eigenvalue weighted by atomic mass is 32.1. The van der Waals surface area contributed by atoms with E-state index in [1.54, 1.807) is 6.07 Å². The summed E-state index contributed by atoms with van der Waals surface area (Å²) in [5.74, 6) is 0. The second-order valence-corrected chi connectivity index (χ2v) is 5.62. The smallest absolute Gasteiger partial charge is 0.270 e. The molecule has 1 fully saturated rings. The maximum absolute atomic E-state index is 10.8. The number of nitrogens with zero attached hydrogens (tertiary/aromatic N) is 1. The fourth-order valence-corrected chi connectivity index (χ4v) is 3.29. The Morgan fingerprint density at radius 2 is 1.95 bits per heavy atom. The second kappa shape index (κ2) is 4.45. The molecule has 1 heterocycles. The van der Waals surface area contributed by atoms with Gasteiger partial charge in [-0.3, -0.25) is 10.1 Å². The van der Waals surface area contributed by atoms with E-state index in [-0.39, 0.29) is 11.4 Å². The number of hydrogen-bond donors (Lipinski definition) is 2. The predicted molar refractivity (Wildman–Crippen MR) is 77.4 cm³/mol. The van der Waals surface area contributed by atoms with Gasteiger partial charge in [0.25, 0.3) is 5.69 Å². The van der Waals surface area contributed by atoms with E-state index in [1.807, 2.05) is 0 Å². The number of nitro benzene ring substituents is 1. The van der Waals surface area contributed by atoms with E-state index < -0.39 is 4.92 Å². The predicted octanol–water partition coefficient (Wildman–Crippen LogP) is 2.95. The zero-order valence-electron chi connectivity index (χ0n) is 10.4. The number of benzene rings is 1. The van der Waals surface area contributed by atoms with Gasteiger partial charge in [-0.15, -0.1) is 0 Å². The molecule has 19 heavy (non-hydrogen) atoms. The van der Waals surface area contributed by atoms with Gasteiger partial charge in [0.2, 0.25) is 0 Å². The first kappa shape index (κ1) is 12.3. The van der Waals surface area contributed by atoms with Gasteiger partial charge in [0.1, 0.15) is 10.7 Å². The van der Waals surface area contributed by atoms with Crippen LogP contribution in [0.3, 0.4) is 0 Å². The van der Waals surface area contributed by atoms with Crippen molar-refractivity contribution >= 4 is 28.6 Å². The third-order valence-corrected chi connectivity index (χ3v) is 4.21. The Morgan fingerprint density at radius 3 is 2.63 bits per heavy atom. The lowest BCUT2D eigenvalue weighted by atomic mass is 9.86. The number of nitro groups is 1. The molecule has 0 saturated heterocycles. The molecule has 2 N–H and O–H groups in total. The molecule has 0 bridgehead atoms. The van der Waals surface area contributed by atoms with Crippen molar-refractivity contribution in [1.29, 1.82) is 0 Å². The standard InChI is InChI=1S/C13H15N3O2S/c17-16(18)9-4-5-11-10(8-9)12(19)15-13(14-11)6-2-1-3-7-13/h4-5,8,14H,1-3,6-7H2,(H,15,19). The van der Waals surface area contributed by atoms with E-state index in [2.05, 4.69) is 10.6 Å². The summed E-state index contributed by atoms with van der Waals surface area (Å²) >= 11 is 5.39. The van der Waals surface area contributed by atoms with Gasteiger partial charge >= 0.3 is 0 Å². The third-order valence-electron chi connectivity index (χ3n) is 3.89. The minimum Gasteiger partial charge on any atom is -0.362 e. The first-order valence-corrected chi connectivity index (χ1v) is 6.90. The van der Waals surface area contributed by atoms with Crippen molar-refractivity contribution in [2.24, 2.45) is 0 Å². The summed E-state index contributed by atoms with van der Waals surface area (Å²) in [6.45, 7) is 0. The van der Waals surface area contributed by atoms with Gasteiger partial charge < -0.3 is 10.6 Å². The Kier molecular flexibility index (Phi) is 2.89. The summed E-state index contributed by atoms with van der Waals surface area (Å²) in [5, 5.41) is 17.6. The summed E-state index contributed by atoms with van der Waals surface area (Å²) in [6, 6.07) is 4.82. The maximum Gasteiger partial charge on any atom is 0.270 e. The van der Waals surface area contributed by atoms with Crippen molar-refractivity contribution in [3.63, 3.8) is 0 Å². The molecule has 5 nitrogen and oxygen atoms in total. The van der Waals surface area contributed by atoms with Gasteiger partial charge in [0, 0.05) is 23.4 Å². The second-order valence-electron chi connectivity index (χ2n) is 5.21. The minimum absolute atomic E-state index is 0.0734. The lowest BCUT2D eigenvalue weighted by Crippen LogP contribution is -2.58. The van der Waals surface area contributed by atoms with Crippen molar-refractivity contribution in [3.05, 3.63) is 33.9 Å². The van der Waals surface area contributed by atoms with Crippen molar-refractivity contribution in [2.75, 3.05) is 5.32 Å². The maximum atomic E-state index is 10.8. The minimum atomic E-state index is -0.395. The molecule has 1 aromatic carbocycles. The van der Waals surface area contributed by atoms with Gasteiger partial charge in [-0.2, -0.15) is 0 Å². The average molecular weight is 277 g/mol. The third kappa shape index (κ3) is 2.16. The molecule has 1 aromatic rings. The van der Waals surface area contributed by atoms with Crippen LogP contribution in [0.5, 0.6) is 0 Å². The largest absolute Gasteiger partial charge is 0.362 e. The van der Waals surface area contributed by atoms with Crippen LogP contribution in [0.1, 0.15) is 37.7 Å². The molecular formula is C13H15N3O2S. The fourth-order valence-electron chi connectivity index (χ4n) is 2.92. The highest BCUT2D eigenvalue weighted by Gasteiger charge is 2.37. The Labute approximate surface area is 116 Å². The van der Waals surface area contributed by atoms with E-state index in [0.717, 1.165) is 24.1 Å². The van der Waals surface area contributed by atoms with Crippen LogP contribution in [-0.4, -0.2) is 15.6 Å². The van der Waals surface area contributed by atoms with Crippen LogP contribution in [0.15, 0.2) is 18.2 Å². The zero-order chi connectivity index (χ0) is 13.5. The molecule has 0 radical (unpaired) electrons. The van der Waals surface area contributed by atoms with Crippen LogP contribution >= 0.6 is 12.2 Å². The molecule has 2 aliphatic rings. The van der Waals surface area contributed by atoms with Crippen LogP contribution in [0.25, 0.3) is 0 Å². The molecule has 1 spiro atoms. The number of fused-ring (bicyclic) bond motifs is 1. The summed E-state index contributed by atoms with van der Waals surface area (Å²) in [6.07, 6.45) is 5.66. The van der Waals surface area contributed by atoms with E-state index in [0.29, 0.717) is 4.99 Å². The van der Waals surface area contributed by atoms with Gasteiger partial charge in [-0.1, -0.05) is 18.6 Å². The molecule has 100 valence electrons. The highest BCUT2D eigenvalue weighted by molar-refractivity contribution is 7.80. The van der Waals surface area contributed by atoms with E-state index >= 15 is 0 Å². The molecule has 0 amide bonds. The number of hydrogen-bond acceptors (Lipinski definition) is 4. The molecule has 0 atom stereocenters. The van der Waals surface area contributed by atoms with Gasteiger partial charge in [0.15, 0.2) is 0 Å². The van der Waals surface area contributed by atoms with E-state index in [1.165, 1.54) is 31.4 Å². The summed E-state index contributed by atoms with van der Waals surface area (Å²) in [5.41, 5.74) is 1.54. The van der Waals surface area contributed by atoms with Gasteiger partial charge in [0.05, 0.1) is 4.92 Å². The molecular weight excluding hydrogens is 262 g/mol. The molecule has 0 unspecified atom stereocenters. The monoisotopic (exact) mass is 277 g/mol. The number of thiocarbonyl (C=S) groups is 1. The molecule has 3 rings (SSSR count). The Balaban J connectivity index is 1.97. The first-order valence-electron chi connectivity index (χ1n) is 6.49. The van der Waals surface area contributed by atoms with E-state index in [9.17, 15) is 10.1 Å². The number of rotatable bonds is 1. The van der Waals surface area contributed by atoms with Gasteiger partial charge in [-0.05, 0) is 31.7 Å².